The molecule has 0 radical (unpaired) electrons. The smallest absolute Gasteiger partial charge is 0.0902 e. The van der Waals surface area contributed by atoms with Crippen molar-refractivity contribution in [3.05, 3.63) is 35.4 Å². The molecule has 0 spiro atoms. The number of nitrogens with two attached hydrogens (primary N) is 2. The van der Waals surface area contributed by atoms with E-state index in [-0.39, 0.29) is 0 Å². The van der Waals surface area contributed by atoms with Crippen LogP contribution in [0.5, 0.6) is 0 Å². The summed E-state index contributed by atoms with van der Waals surface area (Å²) in [6.45, 7) is 4.57. The second-order valence-corrected chi connectivity index (χ2v) is 10.2. The van der Waals surface area contributed by atoms with Crippen LogP contribution in [0, 0.1) is 0 Å². The standard InChI is InChI=1S/C30H56N2/c1-3-5-7-9-11-13-14-16-18-20-24-28-25-21-22-26-29(28)30(31,32)27-23-19-17-15-12-10-8-6-4-2/h21-22,25-26H,3-20,23-24,27,31-32H2,1-2H3. The molecule has 0 aliphatic carbocycles. The number of rotatable bonds is 22. The quantitative estimate of drug-likeness (QED) is 0.138. The molecule has 2 nitrogen and oxygen atoms in total. The molecule has 0 saturated carbocycles. The molecule has 1 aromatic carbocycles. The van der Waals surface area contributed by atoms with Crippen molar-refractivity contribution in [2.75, 3.05) is 0 Å². The van der Waals surface area contributed by atoms with Gasteiger partial charge in [0, 0.05) is 0 Å². The molecule has 0 aliphatic rings. The minimum absolute atomic E-state index is 0.684. The van der Waals surface area contributed by atoms with Crippen molar-refractivity contribution in [3.63, 3.8) is 0 Å². The molecule has 0 atom stereocenters. The van der Waals surface area contributed by atoms with E-state index in [1.54, 1.807) is 0 Å². The molecular weight excluding hydrogens is 388 g/mol. The lowest BCUT2D eigenvalue weighted by Gasteiger charge is -2.28. The molecule has 1 rings (SSSR count). The second-order valence-electron chi connectivity index (χ2n) is 10.2. The Morgan fingerprint density at radius 3 is 1.44 bits per heavy atom. The Morgan fingerprint density at radius 2 is 0.938 bits per heavy atom. The number of hydrogen-bond donors (Lipinski definition) is 2. The van der Waals surface area contributed by atoms with Crippen LogP contribution in [0.3, 0.4) is 0 Å². The summed E-state index contributed by atoms with van der Waals surface area (Å²) in [5.74, 6) is 0. The molecule has 0 unspecified atom stereocenters. The van der Waals surface area contributed by atoms with Crippen molar-refractivity contribution in [3.8, 4) is 0 Å². The summed E-state index contributed by atoms with van der Waals surface area (Å²) in [7, 11) is 0. The maximum Gasteiger partial charge on any atom is 0.0902 e. The predicted octanol–water partition coefficient (Wildman–Crippen LogP) is 9.14. The summed E-state index contributed by atoms with van der Waals surface area (Å²) < 4.78 is 0. The van der Waals surface area contributed by atoms with Crippen LogP contribution in [0.15, 0.2) is 24.3 Å². The van der Waals surface area contributed by atoms with E-state index in [2.05, 4.69) is 38.1 Å². The van der Waals surface area contributed by atoms with Gasteiger partial charge in [0.1, 0.15) is 0 Å². The summed E-state index contributed by atoms with van der Waals surface area (Å²) in [4.78, 5) is 0. The SMILES string of the molecule is CCCCCCCCCCCCc1ccccc1C(N)(N)CCCCCCCCCCC. The highest BCUT2D eigenvalue weighted by molar-refractivity contribution is 5.32. The molecule has 186 valence electrons. The number of hydrogen-bond acceptors (Lipinski definition) is 2. The van der Waals surface area contributed by atoms with Crippen molar-refractivity contribution in [2.24, 2.45) is 11.5 Å². The molecule has 0 bridgehead atoms. The average molecular weight is 445 g/mol. The van der Waals surface area contributed by atoms with Crippen LogP contribution in [0.25, 0.3) is 0 Å². The fraction of sp³-hybridized carbons (Fsp3) is 0.800. The highest BCUT2D eigenvalue weighted by Crippen LogP contribution is 2.25. The van der Waals surface area contributed by atoms with Crippen molar-refractivity contribution in [1.82, 2.24) is 0 Å². The molecule has 0 saturated heterocycles. The Morgan fingerprint density at radius 1 is 0.531 bits per heavy atom. The van der Waals surface area contributed by atoms with Gasteiger partial charge < -0.3 is 11.5 Å². The zero-order valence-electron chi connectivity index (χ0n) is 21.8. The first-order valence-electron chi connectivity index (χ1n) is 14.3. The number of aryl methyl sites for hydroxylation is 1. The van der Waals surface area contributed by atoms with Crippen LogP contribution in [-0.4, -0.2) is 0 Å². The normalized spacial score (nSPS) is 11.9. The lowest BCUT2D eigenvalue weighted by atomic mass is 9.88. The fourth-order valence-corrected chi connectivity index (χ4v) is 4.86. The molecule has 0 fully saturated rings. The molecule has 32 heavy (non-hydrogen) atoms. The van der Waals surface area contributed by atoms with Gasteiger partial charge in [0.25, 0.3) is 0 Å². The Balaban J connectivity index is 2.22. The first kappa shape index (κ1) is 29.2. The molecule has 4 N–H and O–H groups in total. The van der Waals surface area contributed by atoms with Gasteiger partial charge in [-0.25, -0.2) is 0 Å². The van der Waals surface area contributed by atoms with E-state index in [0.29, 0.717) is 0 Å². The zero-order valence-corrected chi connectivity index (χ0v) is 21.8. The number of benzene rings is 1. The predicted molar refractivity (Wildman–Crippen MR) is 144 cm³/mol. The third kappa shape index (κ3) is 14.3. The average Bonchev–Trinajstić information content (AvgIpc) is 2.79. The highest BCUT2D eigenvalue weighted by Gasteiger charge is 2.23. The van der Waals surface area contributed by atoms with Crippen LogP contribution in [0.1, 0.15) is 153 Å². The molecule has 2 heteroatoms. The van der Waals surface area contributed by atoms with E-state index in [1.807, 2.05) is 0 Å². The summed E-state index contributed by atoms with van der Waals surface area (Å²) in [5.41, 5.74) is 15.1. The Labute approximate surface area is 201 Å². The van der Waals surface area contributed by atoms with Gasteiger partial charge in [-0.2, -0.15) is 0 Å². The van der Waals surface area contributed by atoms with Crippen molar-refractivity contribution >= 4 is 0 Å². The molecular formula is C30H56N2. The third-order valence-electron chi connectivity index (χ3n) is 7.01. The lowest BCUT2D eigenvalue weighted by molar-refractivity contribution is 0.395. The summed E-state index contributed by atoms with van der Waals surface area (Å²) >= 11 is 0. The maximum absolute atomic E-state index is 6.63. The largest absolute Gasteiger partial charge is 0.310 e. The van der Waals surface area contributed by atoms with Crippen LogP contribution in [-0.2, 0) is 12.1 Å². The number of unbranched alkanes of at least 4 members (excludes halogenated alkanes) is 17. The monoisotopic (exact) mass is 444 g/mol. The summed E-state index contributed by atoms with van der Waals surface area (Å²) in [6, 6.07) is 8.65. The van der Waals surface area contributed by atoms with Gasteiger partial charge in [0.2, 0.25) is 0 Å². The second kappa shape index (κ2) is 19.6. The van der Waals surface area contributed by atoms with Gasteiger partial charge in [0.15, 0.2) is 0 Å². The van der Waals surface area contributed by atoms with Crippen molar-refractivity contribution in [2.45, 2.75) is 154 Å². The van der Waals surface area contributed by atoms with E-state index < -0.39 is 5.66 Å². The zero-order chi connectivity index (χ0) is 23.3. The third-order valence-corrected chi connectivity index (χ3v) is 7.01. The molecule has 0 aliphatic heterocycles. The van der Waals surface area contributed by atoms with E-state index in [0.717, 1.165) is 19.3 Å². The Kier molecular flexibility index (Phi) is 17.9. The van der Waals surface area contributed by atoms with Crippen molar-refractivity contribution < 1.29 is 0 Å². The van der Waals surface area contributed by atoms with Gasteiger partial charge in [-0.3, -0.25) is 0 Å². The van der Waals surface area contributed by atoms with Gasteiger partial charge in [-0.1, -0.05) is 147 Å². The minimum Gasteiger partial charge on any atom is -0.310 e. The van der Waals surface area contributed by atoms with Crippen LogP contribution >= 0.6 is 0 Å². The van der Waals surface area contributed by atoms with Crippen LogP contribution < -0.4 is 11.5 Å². The summed E-state index contributed by atoms with van der Waals surface area (Å²) in [5, 5.41) is 0. The van der Waals surface area contributed by atoms with Crippen LogP contribution in [0.4, 0.5) is 0 Å². The Hall–Kier alpha value is -0.860. The van der Waals surface area contributed by atoms with Crippen molar-refractivity contribution in [1.29, 1.82) is 0 Å². The topological polar surface area (TPSA) is 52.0 Å². The van der Waals surface area contributed by atoms with Gasteiger partial charge in [-0.15, -0.1) is 0 Å². The Bertz CT molecular complexity index is 537. The van der Waals surface area contributed by atoms with E-state index in [9.17, 15) is 0 Å². The maximum atomic E-state index is 6.63. The molecule has 0 amide bonds. The van der Waals surface area contributed by atoms with E-state index >= 15 is 0 Å². The van der Waals surface area contributed by atoms with Gasteiger partial charge in [0.05, 0.1) is 5.66 Å². The van der Waals surface area contributed by atoms with Crippen LogP contribution in [0.2, 0.25) is 0 Å². The first-order chi connectivity index (χ1) is 15.6. The van der Waals surface area contributed by atoms with E-state index in [4.69, 9.17) is 11.5 Å². The molecule has 1 aromatic rings. The fourth-order valence-electron chi connectivity index (χ4n) is 4.86. The van der Waals surface area contributed by atoms with Gasteiger partial charge >= 0.3 is 0 Å². The lowest BCUT2D eigenvalue weighted by Crippen LogP contribution is -2.46. The molecule has 0 heterocycles. The minimum atomic E-state index is -0.684. The molecule has 0 aromatic heterocycles. The highest BCUT2D eigenvalue weighted by atomic mass is 15.0. The van der Waals surface area contributed by atoms with Gasteiger partial charge in [-0.05, 0) is 36.8 Å². The van der Waals surface area contributed by atoms with E-state index in [1.165, 1.54) is 127 Å². The summed E-state index contributed by atoms with van der Waals surface area (Å²) in [6.07, 6.45) is 27.7. The first-order valence-corrected chi connectivity index (χ1v) is 14.3.